The highest BCUT2D eigenvalue weighted by Crippen LogP contribution is 2.28. The molecule has 7 heteroatoms. The van der Waals surface area contributed by atoms with Gasteiger partial charge in [-0.15, -0.1) is 0 Å². The summed E-state index contributed by atoms with van der Waals surface area (Å²) in [5, 5.41) is 6.14. The summed E-state index contributed by atoms with van der Waals surface area (Å²) in [6.45, 7) is 8.10. The first-order valence-corrected chi connectivity index (χ1v) is 11.9. The summed E-state index contributed by atoms with van der Waals surface area (Å²) in [5.74, 6) is -0.0784. The van der Waals surface area contributed by atoms with Gasteiger partial charge < -0.3 is 4.90 Å². The fraction of sp³-hybridized carbons (Fsp3) is 0.360. The van der Waals surface area contributed by atoms with Gasteiger partial charge in [0.15, 0.2) is 0 Å². The number of hydrogen-bond donors (Lipinski definition) is 0. The fourth-order valence-electron chi connectivity index (χ4n) is 4.31. The molecular formula is C25H28Cl2N4O. The number of carbonyl (C=O) groups is 1. The normalized spacial score (nSPS) is 13.8. The second kappa shape index (κ2) is 10.1. The molecule has 0 bridgehead atoms. The molecule has 0 aliphatic carbocycles. The van der Waals surface area contributed by atoms with Crippen LogP contribution in [-0.2, 0) is 19.5 Å². The Balaban J connectivity index is 1.71. The zero-order chi connectivity index (χ0) is 22.7. The molecular weight excluding hydrogens is 443 g/mol. The molecule has 0 N–H and O–H groups in total. The largest absolute Gasteiger partial charge is 0.333 e. The van der Waals surface area contributed by atoms with Gasteiger partial charge in [-0.25, -0.2) is 4.68 Å². The Hall–Kier alpha value is -2.34. The summed E-state index contributed by atoms with van der Waals surface area (Å²) in [7, 11) is 0. The molecule has 1 aliphatic rings. The molecule has 0 saturated heterocycles. The summed E-state index contributed by atoms with van der Waals surface area (Å²) < 4.78 is 2.01. The van der Waals surface area contributed by atoms with Crippen LogP contribution >= 0.6 is 23.2 Å². The Morgan fingerprint density at radius 2 is 1.94 bits per heavy atom. The zero-order valence-electron chi connectivity index (χ0n) is 18.5. The average Bonchev–Trinajstić information content (AvgIpc) is 3.15. The van der Waals surface area contributed by atoms with Gasteiger partial charge in [-0.2, -0.15) is 5.10 Å². The van der Waals surface area contributed by atoms with Gasteiger partial charge in [-0.1, -0.05) is 48.3 Å². The minimum absolute atomic E-state index is 0.0784. The van der Waals surface area contributed by atoms with Crippen molar-refractivity contribution in [3.63, 3.8) is 0 Å². The number of benzene rings is 2. The highest BCUT2D eigenvalue weighted by molar-refractivity contribution is 6.33. The van der Waals surface area contributed by atoms with Crippen LogP contribution in [0, 0.1) is 0 Å². The first kappa shape index (κ1) is 22.8. The summed E-state index contributed by atoms with van der Waals surface area (Å²) in [5.41, 5.74) is 4.82. The third-order valence-corrected chi connectivity index (χ3v) is 6.49. The van der Waals surface area contributed by atoms with Gasteiger partial charge in [-0.05, 0) is 50.2 Å². The second-order valence-corrected chi connectivity index (χ2v) is 8.93. The molecule has 32 heavy (non-hydrogen) atoms. The van der Waals surface area contributed by atoms with Crippen LogP contribution < -0.4 is 0 Å². The van der Waals surface area contributed by atoms with E-state index in [0.29, 0.717) is 28.7 Å². The first-order chi connectivity index (χ1) is 15.5. The van der Waals surface area contributed by atoms with Gasteiger partial charge in [0.1, 0.15) is 0 Å². The van der Waals surface area contributed by atoms with E-state index in [9.17, 15) is 4.79 Å². The van der Waals surface area contributed by atoms with Crippen LogP contribution in [0.25, 0.3) is 5.69 Å². The highest BCUT2D eigenvalue weighted by atomic mass is 35.5. The van der Waals surface area contributed by atoms with Gasteiger partial charge in [0.25, 0.3) is 5.91 Å². The maximum absolute atomic E-state index is 13.2. The lowest BCUT2D eigenvalue weighted by Crippen LogP contribution is -2.33. The van der Waals surface area contributed by atoms with Crippen LogP contribution in [0.1, 0.15) is 47.6 Å². The van der Waals surface area contributed by atoms with Gasteiger partial charge >= 0.3 is 0 Å². The summed E-state index contributed by atoms with van der Waals surface area (Å²) in [6.07, 6.45) is 2.03. The molecule has 0 spiro atoms. The Labute approximate surface area is 199 Å². The topological polar surface area (TPSA) is 41.4 Å². The van der Waals surface area contributed by atoms with E-state index in [4.69, 9.17) is 28.3 Å². The Bertz CT molecular complexity index is 1110. The number of nitrogens with zero attached hydrogens (tertiary/aromatic N) is 4. The molecule has 1 aromatic heterocycles. The maximum Gasteiger partial charge on any atom is 0.255 e. The van der Waals surface area contributed by atoms with Crippen LogP contribution in [-0.4, -0.2) is 45.1 Å². The van der Waals surface area contributed by atoms with Crippen molar-refractivity contribution in [2.75, 3.05) is 19.6 Å². The molecule has 168 valence electrons. The number of rotatable bonds is 7. The van der Waals surface area contributed by atoms with Crippen LogP contribution in [0.15, 0.2) is 48.5 Å². The number of amides is 1. The van der Waals surface area contributed by atoms with Crippen molar-refractivity contribution >= 4 is 29.1 Å². The molecule has 4 rings (SSSR count). The van der Waals surface area contributed by atoms with E-state index in [2.05, 4.69) is 11.8 Å². The molecule has 5 nitrogen and oxygen atoms in total. The molecule has 0 fully saturated rings. The van der Waals surface area contributed by atoms with Crippen LogP contribution in [0.2, 0.25) is 10.0 Å². The minimum atomic E-state index is -0.0784. The third-order valence-electron chi connectivity index (χ3n) is 5.93. The second-order valence-electron chi connectivity index (χ2n) is 8.09. The highest BCUT2D eigenvalue weighted by Gasteiger charge is 2.27. The van der Waals surface area contributed by atoms with Gasteiger partial charge in [-0.3, -0.25) is 9.69 Å². The van der Waals surface area contributed by atoms with E-state index < -0.39 is 0 Å². The third kappa shape index (κ3) is 4.70. The van der Waals surface area contributed by atoms with E-state index >= 15 is 0 Å². The van der Waals surface area contributed by atoms with E-state index in [0.717, 1.165) is 43.9 Å². The van der Waals surface area contributed by atoms with Gasteiger partial charge in [0.05, 0.1) is 34.2 Å². The van der Waals surface area contributed by atoms with Crippen LogP contribution in [0.4, 0.5) is 0 Å². The van der Waals surface area contributed by atoms with Crippen molar-refractivity contribution in [2.24, 2.45) is 0 Å². The zero-order valence-corrected chi connectivity index (χ0v) is 20.0. The van der Waals surface area contributed by atoms with E-state index in [-0.39, 0.29) is 5.91 Å². The molecule has 0 unspecified atom stereocenters. The Morgan fingerprint density at radius 1 is 1.12 bits per heavy atom. The summed E-state index contributed by atoms with van der Waals surface area (Å²) >= 11 is 12.6. The van der Waals surface area contributed by atoms with Crippen molar-refractivity contribution in [1.29, 1.82) is 0 Å². The van der Waals surface area contributed by atoms with Crippen LogP contribution in [0.3, 0.4) is 0 Å². The van der Waals surface area contributed by atoms with Gasteiger partial charge in [0, 0.05) is 36.6 Å². The number of aromatic nitrogens is 2. The quantitative estimate of drug-likeness (QED) is 0.450. The predicted octanol–water partition coefficient (Wildman–Crippen LogP) is 5.61. The molecule has 2 aromatic carbocycles. The SMILES string of the molecule is CCCN1CCc2c(c(CN(CC)C(=O)c3ccccc3Cl)nn2-c2cccc(Cl)c2)C1. The molecule has 2 heterocycles. The van der Waals surface area contributed by atoms with Crippen molar-refractivity contribution in [3.8, 4) is 5.69 Å². The lowest BCUT2D eigenvalue weighted by atomic mass is 10.0. The van der Waals surface area contributed by atoms with E-state index in [1.165, 1.54) is 11.3 Å². The van der Waals surface area contributed by atoms with Crippen molar-refractivity contribution in [3.05, 3.63) is 81.1 Å². The van der Waals surface area contributed by atoms with Crippen molar-refractivity contribution in [2.45, 2.75) is 39.8 Å². The molecule has 0 saturated carbocycles. The Morgan fingerprint density at radius 3 is 2.66 bits per heavy atom. The maximum atomic E-state index is 13.2. The Kier molecular flexibility index (Phi) is 7.19. The number of carbonyl (C=O) groups excluding carboxylic acids is 1. The fourth-order valence-corrected chi connectivity index (χ4v) is 4.71. The monoisotopic (exact) mass is 470 g/mol. The lowest BCUT2D eigenvalue weighted by Gasteiger charge is -2.28. The van der Waals surface area contributed by atoms with Crippen LogP contribution in [0.5, 0.6) is 0 Å². The standard InChI is InChI=1S/C25H28Cl2N4O/c1-3-13-29-14-12-24-21(16-29)23(28-31(24)19-9-7-8-18(26)15-19)17-30(4-2)25(32)20-10-5-6-11-22(20)27/h5-11,15H,3-4,12-14,16-17H2,1-2H3. The number of halogens is 2. The first-order valence-electron chi connectivity index (χ1n) is 11.1. The number of hydrogen-bond acceptors (Lipinski definition) is 3. The van der Waals surface area contributed by atoms with E-state index in [1.807, 2.05) is 52.9 Å². The van der Waals surface area contributed by atoms with Crippen molar-refractivity contribution in [1.82, 2.24) is 19.6 Å². The summed E-state index contributed by atoms with van der Waals surface area (Å²) in [4.78, 5) is 17.5. The lowest BCUT2D eigenvalue weighted by molar-refractivity contribution is 0.0750. The average molecular weight is 471 g/mol. The molecule has 0 radical (unpaired) electrons. The number of fused-ring (bicyclic) bond motifs is 1. The minimum Gasteiger partial charge on any atom is -0.333 e. The molecule has 0 atom stereocenters. The predicted molar refractivity (Wildman–Crippen MR) is 130 cm³/mol. The smallest absolute Gasteiger partial charge is 0.255 e. The van der Waals surface area contributed by atoms with E-state index in [1.54, 1.807) is 12.1 Å². The summed E-state index contributed by atoms with van der Waals surface area (Å²) in [6, 6.07) is 15.0. The van der Waals surface area contributed by atoms with Crippen molar-refractivity contribution < 1.29 is 4.79 Å². The van der Waals surface area contributed by atoms with Gasteiger partial charge in [0.2, 0.25) is 0 Å². The molecule has 1 aliphatic heterocycles. The molecule has 3 aromatic rings. The molecule has 1 amide bonds.